The molecule has 1 rings (SSSR count). The molecule has 162 valence electrons. The largest absolute Gasteiger partial charge is 0.491 e. The van der Waals surface area contributed by atoms with Crippen molar-refractivity contribution in [1.82, 2.24) is 10.6 Å². The van der Waals surface area contributed by atoms with Gasteiger partial charge in [-0.2, -0.15) is 13.2 Å². The molecule has 0 bridgehead atoms. The van der Waals surface area contributed by atoms with Crippen molar-refractivity contribution in [2.75, 3.05) is 26.8 Å². The number of ether oxygens (including phenoxy) is 2. The molecular formula is C19H31F3IN3O2. The summed E-state index contributed by atoms with van der Waals surface area (Å²) >= 11 is 0. The minimum absolute atomic E-state index is 0. The molecule has 9 heteroatoms. The molecule has 1 aromatic rings. The second-order valence-corrected chi connectivity index (χ2v) is 6.24. The Kier molecular flexibility index (Phi) is 13.3. The highest BCUT2D eigenvalue weighted by Gasteiger charge is 2.33. The molecule has 0 radical (unpaired) electrons. The van der Waals surface area contributed by atoms with Crippen LogP contribution in [0.15, 0.2) is 23.2 Å². The summed E-state index contributed by atoms with van der Waals surface area (Å²) in [7, 11) is 1.58. The van der Waals surface area contributed by atoms with E-state index in [1.807, 2.05) is 6.92 Å². The third-order valence-corrected chi connectivity index (χ3v) is 3.64. The third kappa shape index (κ3) is 10.4. The van der Waals surface area contributed by atoms with Crippen LogP contribution in [0.1, 0.15) is 44.7 Å². The number of halogens is 4. The smallest absolute Gasteiger partial charge is 0.416 e. The summed E-state index contributed by atoms with van der Waals surface area (Å²) in [4.78, 5) is 4.04. The van der Waals surface area contributed by atoms with E-state index in [9.17, 15) is 13.2 Å². The molecule has 0 spiro atoms. The maximum atomic E-state index is 13.4. The van der Waals surface area contributed by atoms with Crippen LogP contribution in [-0.2, 0) is 17.5 Å². The van der Waals surface area contributed by atoms with Gasteiger partial charge in [-0.25, -0.2) is 0 Å². The number of alkyl halides is 3. The first kappa shape index (κ1) is 26.8. The first-order valence-corrected chi connectivity index (χ1v) is 9.17. The molecule has 28 heavy (non-hydrogen) atoms. The number of hydrogen-bond donors (Lipinski definition) is 2. The maximum absolute atomic E-state index is 13.4. The predicted octanol–water partition coefficient (Wildman–Crippen LogP) is 4.59. The molecule has 0 atom stereocenters. The van der Waals surface area contributed by atoms with Crippen LogP contribution in [0.25, 0.3) is 0 Å². The van der Waals surface area contributed by atoms with Gasteiger partial charge in [-0.05, 0) is 51.3 Å². The molecule has 0 aliphatic heterocycles. The zero-order valence-electron chi connectivity index (χ0n) is 16.9. The summed E-state index contributed by atoms with van der Waals surface area (Å²) in [5, 5.41) is 6.02. The van der Waals surface area contributed by atoms with Gasteiger partial charge in [-0.3, -0.25) is 4.99 Å². The number of benzene rings is 1. The van der Waals surface area contributed by atoms with Crippen LogP contribution in [-0.4, -0.2) is 38.9 Å². The summed E-state index contributed by atoms with van der Waals surface area (Å²) in [6, 6.07) is 4.03. The van der Waals surface area contributed by atoms with Crippen molar-refractivity contribution in [2.45, 2.75) is 52.4 Å². The lowest BCUT2D eigenvalue weighted by Gasteiger charge is -2.18. The first-order chi connectivity index (χ1) is 12.8. The van der Waals surface area contributed by atoms with E-state index in [1.54, 1.807) is 27.0 Å². The summed E-state index contributed by atoms with van der Waals surface area (Å²) in [6.45, 7) is 7.55. The summed E-state index contributed by atoms with van der Waals surface area (Å²) < 4.78 is 50.8. The Bertz CT molecular complexity index is 596. The fraction of sp³-hybridized carbons (Fsp3) is 0.632. The Labute approximate surface area is 182 Å². The lowest BCUT2D eigenvalue weighted by Crippen LogP contribution is -2.37. The molecule has 0 aromatic heterocycles. The quantitative estimate of drug-likeness (QED) is 0.206. The zero-order chi connectivity index (χ0) is 20.3. The maximum Gasteiger partial charge on any atom is 0.416 e. The van der Waals surface area contributed by atoms with Gasteiger partial charge in [-0.15, -0.1) is 24.0 Å². The molecule has 5 nitrogen and oxygen atoms in total. The fourth-order valence-corrected chi connectivity index (χ4v) is 2.40. The van der Waals surface area contributed by atoms with Crippen LogP contribution in [0.2, 0.25) is 0 Å². The molecule has 1 aromatic carbocycles. The monoisotopic (exact) mass is 517 g/mol. The van der Waals surface area contributed by atoms with Gasteiger partial charge in [-0.1, -0.05) is 6.07 Å². The number of unbranched alkanes of at least 4 members (excludes halogenated alkanes) is 1. The molecule has 0 fully saturated rings. The lowest BCUT2D eigenvalue weighted by atomic mass is 10.1. The standard InChI is InChI=1S/C19H30F3N3O2.HI/c1-5-26-11-7-6-10-24-18(23-4)25-13-15-8-9-16(27-14(2)3)12-17(15)19(20,21)22;/h8-9,12,14H,5-7,10-11,13H2,1-4H3,(H2,23,24,25);1H. The van der Waals surface area contributed by atoms with E-state index >= 15 is 0 Å². The molecule has 0 unspecified atom stereocenters. The van der Waals surface area contributed by atoms with Gasteiger partial charge >= 0.3 is 6.18 Å². The Morgan fingerprint density at radius 1 is 1.18 bits per heavy atom. The molecule has 0 aliphatic carbocycles. The summed E-state index contributed by atoms with van der Waals surface area (Å²) in [6.07, 6.45) is -2.85. The number of hydrogen-bond acceptors (Lipinski definition) is 3. The Morgan fingerprint density at radius 2 is 1.89 bits per heavy atom. The summed E-state index contributed by atoms with van der Waals surface area (Å²) in [5.41, 5.74) is -0.571. The normalized spacial score (nSPS) is 11.9. The zero-order valence-corrected chi connectivity index (χ0v) is 19.2. The van der Waals surface area contributed by atoms with Gasteiger partial charge in [0.15, 0.2) is 5.96 Å². The van der Waals surface area contributed by atoms with Crippen LogP contribution >= 0.6 is 24.0 Å². The van der Waals surface area contributed by atoms with Crippen molar-refractivity contribution < 1.29 is 22.6 Å². The molecular weight excluding hydrogens is 486 g/mol. The molecule has 0 saturated carbocycles. The minimum atomic E-state index is -4.45. The van der Waals surface area contributed by atoms with Gasteiger partial charge in [0.25, 0.3) is 0 Å². The Morgan fingerprint density at radius 3 is 2.46 bits per heavy atom. The summed E-state index contributed by atoms with van der Waals surface area (Å²) in [5.74, 6) is 0.667. The van der Waals surface area contributed by atoms with Crippen molar-refractivity contribution in [3.63, 3.8) is 0 Å². The van der Waals surface area contributed by atoms with Crippen molar-refractivity contribution in [3.05, 3.63) is 29.3 Å². The highest BCUT2D eigenvalue weighted by atomic mass is 127. The number of nitrogens with one attached hydrogen (secondary N) is 2. The fourth-order valence-electron chi connectivity index (χ4n) is 2.40. The highest BCUT2D eigenvalue weighted by molar-refractivity contribution is 14.0. The van der Waals surface area contributed by atoms with Gasteiger partial charge in [0.2, 0.25) is 0 Å². The van der Waals surface area contributed by atoms with Crippen LogP contribution in [0.3, 0.4) is 0 Å². The highest BCUT2D eigenvalue weighted by Crippen LogP contribution is 2.34. The van der Waals surface area contributed by atoms with E-state index in [2.05, 4.69) is 15.6 Å². The van der Waals surface area contributed by atoms with E-state index in [0.717, 1.165) is 18.9 Å². The molecule has 0 amide bonds. The predicted molar refractivity (Wildman–Crippen MR) is 117 cm³/mol. The van der Waals surface area contributed by atoms with E-state index in [-0.39, 0.29) is 47.9 Å². The Balaban J connectivity index is 0.00000729. The molecule has 0 saturated heterocycles. The van der Waals surface area contributed by atoms with E-state index in [0.29, 0.717) is 25.7 Å². The van der Waals surface area contributed by atoms with Crippen molar-refractivity contribution in [3.8, 4) is 5.75 Å². The van der Waals surface area contributed by atoms with E-state index in [1.165, 1.54) is 6.07 Å². The SMILES string of the molecule is CCOCCCCNC(=NC)NCc1ccc(OC(C)C)cc1C(F)(F)F.I. The number of rotatable bonds is 10. The second kappa shape index (κ2) is 13.9. The number of guanidine groups is 1. The van der Waals surface area contributed by atoms with Gasteiger partial charge in [0.05, 0.1) is 11.7 Å². The van der Waals surface area contributed by atoms with Crippen molar-refractivity contribution >= 4 is 29.9 Å². The first-order valence-electron chi connectivity index (χ1n) is 9.17. The third-order valence-electron chi connectivity index (χ3n) is 3.64. The van der Waals surface area contributed by atoms with Crippen LogP contribution in [0, 0.1) is 0 Å². The topological polar surface area (TPSA) is 54.9 Å². The number of nitrogens with zero attached hydrogens (tertiary/aromatic N) is 1. The van der Waals surface area contributed by atoms with Crippen molar-refractivity contribution in [2.24, 2.45) is 4.99 Å². The van der Waals surface area contributed by atoms with Crippen LogP contribution in [0.4, 0.5) is 13.2 Å². The second-order valence-electron chi connectivity index (χ2n) is 6.24. The van der Waals surface area contributed by atoms with Crippen LogP contribution < -0.4 is 15.4 Å². The Hall–Kier alpha value is -1.23. The molecule has 0 heterocycles. The van der Waals surface area contributed by atoms with Gasteiger partial charge in [0, 0.05) is 33.4 Å². The average Bonchev–Trinajstić information content (AvgIpc) is 2.60. The molecule has 0 aliphatic rings. The van der Waals surface area contributed by atoms with Crippen molar-refractivity contribution in [1.29, 1.82) is 0 Å². The van der Waals surface area contributed by atoms with E-state index in [4.69, 9.17) is 9.47 Å². The van der Waals surface area contributed by atoms with Gasteiger partial charge in [0.1, 0.15) is 5.75 Å². The van der Waals surface area contributed by atoms with Crippen LogP contribution in [0.5, 0.6) is 5.75 Å². The lowest BCUT2D eigenvalue weighted by molar-refractivity contribution is -0.138. The number of aliphatic imine (C=N–C) groups is 1. The minimum Gasteiger partial charge on any atom is -0.491 e. The van der Waals surface area contributed by atoms with E-state index < -0.39 is 11.7 Å². The molecule has 2 N–H and O–H groups in total. The average molecular weight is 517 g/mol. The van der Waals surface area contributed by atoms with Gasteiger partial charge < -0.3 is 20.1 Å².